The third kappa shape index (κ3) is 4.48. The van der Waals surface area contributed by atoms with Crippen LogP contribution in [0, 0.1) is 0 Å². The predicted molar refractivity (Wildman–Crippen MR) is 74.5 cm³/mol. The van der Waals surface area contributed by atoms with Crippen molar-refractivity contribution in [3.8, 4) is 0 Å². The molecule has 1 fully saturated rings. The third-order valence-electron chi connectivity index (χ3n) is 3.20. The number of carboxylic acid groups (broad SMARTS) is 1. The van der Waals surface area contributed by atoms with E-state index in [1.165, 1.54) is 0 Å². The summed E-state index contributed by atoms with van der Waals surface area (Å²) in [5.74, 6) is -1.10. The van der Waals surface area contributed by atoms with E-state index >= 15 is 0 Å². The van der Waals surface area contributed by atoms with Gasteiger partial charge in [-0.05, 0) is 5.56 Å². The first-order valence-electron chi connectivity index (χ1n) is 6.65. The van der Waals surface area contributed by atoms with Crippen molar-refractivity contribution in [2.24, 2.45) is 0 Å². The van der Waals surface area contributed by atoms with E-state index in [4.69, 9.17) is 5.11 Å². The Kier molecular flexibility index (Phi) is 4.76. The van der Waals surface area contributed by atoms with Crippen LogP contribution in [0.25, 0.3) is 0 Å². The SMILES string of the molecule is O=C(O)CC(NC(=O)NC1CNC(=O)C1)c1ccccc1. The molecule has 0 aromatic heterocycles. The van der Waals surface area contributed by atoms with Gasteiger partial charge in [0.25, 0.3) is 0 Å². The Balaban J connectivity index is 1.96. The van der Waals surface area contributed by atoms with E-state index < -0.39 is 18.0 Å². The first-order valence-corrected chi connectivity index (χ1v) is 6.65. The maximum Gasteiger partial charge on any atom is 0.315 e. The minimum absolute atomic E-state index is 0.106. The van der Waals surface area contributed by atoms with Gasteiger partial charge in [0.1, 0.15) is 0 Å². The summed E-state index contributed by atoms with van der Waals surface area (Å²) >= 11 is 0. The quantitative estimate of drug-likeness (QED) is 0.629. The number of urea groups is 1. The van der Waals surface area contributed by atoms with E-state index in [9.17, 15) is 14.4 Å². The van der Waals surface area contributed by atoms with Crippen LogP contribution in [0.5, 0.6) is 0 Å². The number of carboxylic acids is 1. The number of amides is 3. The molecule has 112 valence electrons. The number of aliphatic carboxylic acids is 1. The van der Waals surface area contributed by atoms with E-state index in [0.29, 0.717) is 6.54 Å². The average molecular weight is 291 g/mol. The molecule has 7 nitrogen and oxygen atoms in total. The highest BCUT2D eigenvalue weighted by atomic mass is 16.4. The first kappa shape index (κ1) is 14.8. The summed E-state index contributed by atoms with van der Waals surface area (Å²) in [6.07, 6.45) is 0.0294. The zero-order valence-corrected chi connectivity index (χ0v) is 11.3. The normalized spacial score (nSPS) is 18.7. The van der Waals surface area contributed by atoms with Crippen molar-refractivity contribution in [1.29, 1.82) is 0 Å². The van der Waals surface area contributed by atoms with Crippen molar-refractivity contribution >= 4 is 17.9 Å². The molecule has 1 heterocycles. The zero-order valence-electron chi connectivity index (χ0n) is 11.3. The van der Waals surface area contributed by atoms with E-state index in [1.807, 2.05) is 6.07 Å². The van der Waals surface area contributed by atoms with Crippen LogP contribution in [-0.2, 0) is 9.59 Å². The van der Waals surface area contributed by atoms with Crippen LogP contribution in [-0.4, -0.2) is 35.6 Å². The van der Waals surface area contributed by atoms with Crippen molar-refractivity contribution in [2.45, 2.75) is 24.9 Å². The van der Waals surface area contributed by atoms with E-state index in [2.05, 4.69) is 16.0 Å². The topological polar surface area (TPSA) is 108 Å². The van der Waals surface area contributed by atoms with Gasteiger partial charge in [-0.2, -0.15) is 0 Å². The average Bonchev–Trinajstić information content (AvgIpc) is 2.83. The monoisotopic (exact) mass is 291 g/mol. The van der Waals surface area contributed by atoms with Gasteiger partial charge in [-0.15, -0.1) is 0 Å². The van der Waals surface area contributed by atoms with Gasteiger partial charge in [-0.1, -0.05) is 30.3 Å². The summed E-state index contributed by atoms with van der Waals surface area (Å²) in [6.45, 7) is 0.390. The van der Waals surface area contributed by atoms with Gasteiger partial charge in [0.05, 0.1) is 18.5 Å². The molecule has 21 heavy (non-hydrogen) atoms. The zero-order chi connectivity index (χ0) is 15.2. The smallest absolute Gasteiger partial charge is 0.315 e. The van der Waals surface area contributed by atoms with Gasteiger partial charge in [0.15, 0.2) is 0 Å². The molecule has 0 bridgehead atoms. The Morgan fingerprint density at radius 1 is 1.33 bits per heavy atom. The number of carbonyl (C=O) groups excluding carboxylic acids is 2. The molecule has 1 aliphatic rings. The molecule has 4 N–H and O–H groups in total. The van der Waals surface area contributed by atoms with Crippen LogP contribution in [0.4, 0.5) is 4.79 Å². The van der Waals surface area contributed by atoms with Crippen LogP contribution in [0.3, 0.4) is 0 Å². The molecule has 1 aliphatic heterocycles. The molecule has 0 radical (unpaired) electrons. The molecule has 1 aromatic rings. The lowest BCUT2D eigenvalue weighted by molar-refractivity contribution is -0.137. The lowest BCUT2D eigenvalue weighted by Crippen LogP contribution is -2.44. The second kappa shape index (κ2) is 6.74. The molecular formula is C14H17N3O4. The highest BCUT2D eigenvalue weighted by Gasteiger charge is 2.24. The lowest BCUT2D eigenvalue weighted by atomic mass is 10.0. The first-order chi connectivity index (χ1) is 10.0. The van der Waals surface area contributed by atoms with Gasteiger partial charge < -0.3 is 21.1 Å². The van der Waals surface area contributed by atoms with Crippen molar-refractivity contribution in [1.82, 2.24) is 16.0 Å². The molecule has 0 spiro atoms. The number of rotatable bonds is 5. The second-order valence-corrected chi connectivity index (χ2v) is 4.88. The second-order valence-electron chi connectivity index (χ2n) is 4.88. The summed E-state index contributed by atoms with van der Waals surface area (Å²) in [5.41, 5.74) is 0.718. The van der Waals surface area contributed by atoms with Crippen LogP contribution < -0.4 is 16.0 Å². The van der Waals surface area contributed by atoms with Crippen LogP contribution >= 0.6 is 0 Å². The van der Waals surface area contributed by atoms with E-state index in [0.717, 1.165) is 5.56 Å². The van der Waals surface area contributed by atoms with Crippen LogP contribution in [0.2, 0.25) is 0 Å². The van der Waals surface area contributed by atoms with Crippen molar-refractivity contribution < 1.29 is 19.5 Å². The number of hydrogen-bond acceptors (Lipinski definition) is 3. The van der Waals surface area contributed by atoms with E-state index in [-0.39, 0.29) is 24.8 Å². The van der Waals surface area contributed by atoms with Gasteiger partial charge >= 0.3 is 12.0 Å². The number of benzene rings is 1. The standard InChI is InChI=1S/C14H17N3O4/c18-12-6-10(8-15-12)16-14(21)17-11(7-13(19)20)9-4-2-1-3-5-9/h1-5,10-11H,6-8H2,(H,15,18)(H,19,20)(H2,16,17,21). The molecule has 3 amide bonds. The summed E-state index contributed by atoms with van der Waals surface area (Å²) in [5, 5.41) is 16.9. The Hall–Kier alpha value is -2.57. The fourth-order valence-electron chi connectivity index (χ4n) is 2.20. The van der Waals surface area contributed by atoms with Crippen LogP contribution in [0.15, 0.2) is 30.3 Å². The highest BCUT2D eigenvalue weighted by molar-refractivity contribution is 5.81. The van der Waals surface area contributed by atoms with Gasteiger partial charge in [0.2, 0.25) is 5.91 Å². The molecule has 2 atom stereocenters. The Labute approximate surface area is 121 Å². The molecule has 1 aromatic carbocycles. The predicted octanol–water partition coefficient (Wildman–Crippen LogP) is 0.390. The molecular weight excluding hydrogens is 274 g/mol. The fourth-order valence-corrected chi connectivity index (χ4v) is 2.20. The molecule has 1 saturated heterocycles. The minimum Gasteiger partial charge on any atom is -0.481 e. The van der Waals surface area contributed by atoms with Crippen molar-refractivity contribution in [3.05, 3.63) is 35.9 Å². The summed E-state index contributed by atoms with van der Waals surface area (Å²) in [4.78, 5) is 33.9. The minimum atomic E-state index is -0.998. The largest absolute Gasteiger partial charge is 0.481 e. The molecule has 0 saturated carbocycles. The van der Waals surface area contributed by atoms with Crippen LogP contribution in [0.1, 0.15) is 24.4 Å². The molecule has 2 rings (SSSR count). The van der Waals surface area contributed by atoms with Gasteiger partial charge in [-0.3, -0.25) is 9.59 Å². The lowest BCUT2D eigenvalue weighted by Gasteiger charge is -2.19. The third-order valence-corrected chi connectivity index (χ3v) is 3.20. The number of nitrogens with one attached hydrogen (secondary N) is 3. The molecule has 0 aliphatic carbocycles. The number of carbonyl (C=O) groups is 3. The Morgan fingerprint density at radius 2 is 2.05 bits per heavy atom. The van der Waals surface area contributed by atoms with Gasteiger partial charge in [0, 0.05) is 13.0 Å². The summed E-state index contributed by atoms with van der Waals surface area (Å²) in [6, 6.07) is 7.53. The maximum absolute atomic E-state index is 11.9. The Bertz CT molecular complexity index is 532. The van der Waals surface area contributed by atoms with Gasteiger partial charge in [-0.25, -0.2) is 4.79 Å². The summed E-state index contributed by atoms with van der Waals surface area (Å²) < 4.78 is 0. The fraction of sp³-hybridized carbons (Fsp3) is 0.357. The Morgan fingerprint density at radius 3 is 2.62 bits per heavy atom. The molecule has 7 heteroatoms. The number of hydrogen-bond donors (Lipinski definition) is 4. The highest BCUT2D eigenvalue weighted by Crippen LogP contribution is 2.16. The van der Waals surface area contributed by atoms with Crippen molar-refractivity contribution in [3.63, 3.8) is 0 Å². The summed E-state index contributed by atoms with van der Waals surface area (Å²) in [7, 11) is 0. The maximum atomic E-state index is 11.9. The molecule has 2 unspecified atom stereocenters. The van der Waals surface area contributed by atoms with E-state index in [1.54, 1.807) is 24.3 Å². The van der Waals surface area contributed by atoms with Crippen molar-refractivity contribution in [2.75, 3.05) is 6.54 Å².